The lowest BCUT2D eigenvalue weighted by Gasteiger charge is -2.26. The predicted molar refractivity (Wildman–Crippen MR) is 95.0 cm³/mol. The van der Waals surface area contributed by atoms with Crippen LogP contribution in [0.1, 0.15) is 44.4 Å². The second-order valence-corrected chi connectivity index (χ2v) is 8.33. The Hall–Kier alpha value is -0.340. The van der Waals surface area contributed by atoms with Crippen LogP contribution in [0.15, 0.2) is 16.6 Å². The third-order valence-corrected chi connectivity index (χ3v) is 4.73. The summed E-state index contributed by atoms with van der Waals surface area (Å²) in [5.41, 5.74) is 8.02. The lowest BCUT2D eigenvalue weighted by atomic mass is 10.0. The zero-order chi connectivity index (χ0) is 15.8. The van der Waals surface area contributed by atoms with E-state index in [9.17, 15) is 4.79 Å². The summed E-state index contributed by atoms with van der Waals surface area (Å²) in [6.45, 7) is 6.79. The third kappa shape index (κ3) is 4.32. The van der Waals surface area contributed by atoms with E-state index in [1.807, 2.05) is 26.8 Å². The Balaban J connectivity index is 2.29. The number of amides is 1. The van der Waals surface area contributed by atoms with Gasteiger partial charge >= 0.3 is 6.09 Å². The summed E-state index contributed by atoms with van der Waals surface area (Å²) >= 11 is 5.81. The predicted octanol–water partition coefficient (Wildman–Crippen LogP) is 4.19. The molecule has 1 aliphatic heterocycles. The Labute approximate surface area is 147 Å². The number of rotatable bonds is 0. The van der Waals surface area contributed by atoms with Crippen molar-refractivity contribution in [1.82, 2.24) is 4.90 Å². The maximum absolute atomic E-state index is 12.3. The standard InChI is InChI=1S/C15H20BrIN2O2/c1-15(2,3)21-14(20)19-5-4-13(18)10-6-9(16)7-12(17)11(10)8-19/h6-7,13H,4-5,8,18H2,1-3H3. The third-order valence-electron chi connectivity index (χ3n) is 3.30. The van der Waals surface area contributed by atoms with E-state index in [0.29, 0.717) is 13.1 Å². The van der Waals surface area contributed by atoms with Gasteiger partial charge in [0.05, 0.1) is 6.54 Å². The van der Waals surface area contributed by atoms with Crippen molar-refractivity contribution >= 4 is 44.6 Å². The van der Waals surface area contributed by atoms with Gasteiger partial charge in [-0.15, -0.1) is 0 Å². The smallest absolute Gasteiger partial charge is 0.410 e. The molecule has 4 nitrogen and oxygen atoms in total. The van der Waals surface area contributed by atoms with Crippen molar-refractivity contribution in [2.45, 2.75) is 45.4 Å². The van der Waals surface area contributed by atoms with Crippen LogP contribution in [0.3, 0.4) is 0 Å². The highest BCUT2D eigenvalue weighted by molar-refractivity contribution is 14.1. The average Bonchev–Trinajstić information content (AvgIpc) is 2.48. The highest BCUT2D eigenvalue weighted by Crippen LogP contribution is 2.32. The molecule has 21 heavy (non-hydrogen) atoms. The van der Waals surface area contributed by atoms with Crippen LogP contribution in [0.4, 0.5) is 4.79 Å². The Morgan fingerprint density at radius 3 is 2.76 bits per heavy atom. The minimum atomic E-state index is -0.485. The Morgan fingerprint density at radius 2 is 2.14 bits per heavy atom. The molecule has 116 valence electrons. The first-order chi connectivity index (χ1) is 9.67. The monoisotopic (exact) mass is 466 g/mol. The first-order valence-electron chi connectivity index (χ1n) is 6.88. The van der Waals surface area contributed by atoms with E-state index in [-0.39, 0.29) is 12.1 Å². The Kier molecular flexibility index (Phi) is 5.20. The summed E-state index contributed by atoms with van der Waals surface area (Å²) in [5, 5.41) is 0. The number of hydrogen-bond acceptors (Lipinski definition) is 3. The molecule has 1 atom stereocenters. The van der Waals surface area contributed by atoms with Crippen LogP contribution < -0.4 is 5.73 Å². The molecule has 0 saturated carbocycles. The molecule has 0 aliphatic carbocycles. The van der Waals surface area contributed by atoms with Crippen LogP contribution in [0.25, 0.3) is 0 Å². The largest absolute Gasteiger partial charge is 0.444 e. The van der Waals surface area contributed by atoms with E-state index < -0.39 is 5.60 Å². The molecule has 0 spiro atoms. The number of carbonyl (C=O) groups is 1. The van der Waals surface area contributed by atoms with Gasteiger partial charge in [-0.1, -0.05) is 15.9 Å². The van der Waals surface area contributed by atoms with Crippen molar-refractivity contribution in [3.8, 4) is 0 Å². The fraction of sp³-hybridized carbons (Fsp3) is 0.533. The van der Waals surface area contributed by atoms with Crippen LogP contribution in [0.5, 0.6) is 0 Å². The SMILES string of the molecule is CC(C)(C)OC(=O)N1CCC(N)c2cc(Br)cc(I)c2C1. The van der Waals surface area contributed by atoms with Gasteiger partial charge in [0, 0.05) is 20.6 Å². The normalized spacial score (nSPS) is 19.0. The van der Waals surface area contributed by atoms with E-state index >= 15 is 0 Å². The molecule has 0 aromatic heterocycles. The minimum absolute atomic E-state index is 0.0570. The van der Waals surface area contributed by atoms with E-state index in [1.54, 1.807) is 4.90 Å². The molecule has 0 bridgehead atoms. The molecule has 0 saturated heterocycles. The van der Waals surface area contributed by atoms with E-state index in [2.05, 4.69) is 44.6 Å². The molecule has 1 unspecified atom stereocenters. The van der Waals surface area contributed by atoms with E-state index in [4.69, 9.17) is 10.5 Å². The second kappa shape index (κ2) is 6.42. The molecular formula is C15H20BrIN2O2. The van der Waals surface area contributed by atoms with Crippen LogP contribution in [-0.4, -0.2) is 23.1 Å². The number of carbonyl (C=O) groups excluding carboxylic acids is 1. The van der Waals surface area contributed by atoms with Crippen molar-refractivity contribution in [2.24, 2.45) is 5.73 Å². The van der Waals surface area contributed by atoms with Gasteiger partial charge in [-0.3, -0.25) is 0 Å². The van der Waals surface area contributed by atoms with Gasteiger partial charge in [0.25, 0.3) is 0 Å². The van der Waals surface area contributed by atoms with Gasteiger partial charge in [-0.2, -0.15) is 0 Å². The lowest BCUT2D eigenvalue weighted by Crippen LogP contribution is -2.36. The van der Waals surface area contributed by atoms with Gasteiger partial charge in [0.15, 0.2) is 0 Å². The molecule has 6 heteroatoms. The number of halogens is 2. The van der Waals surface area contributed by atoms with Crippen molar-refractivity contribution in [2.75, 3.05) is 6.54 Å². The molecule has 1 aliphatic rings. The maximum atomic E-state index is 12.3. The summed E-state index contributed by atoms with van der Waals surface area (Å²) in [6.07, 6.45) is 0.458. The molecule has 1 heterocycles. The number of benzene rings is 1. The number of ether oxygens (including phenoxy) is 1. The van der Waals surface area contributed by atoms with Crippen molar-refractivity contribution in [3.63, 3.8) is 0 Å². The van der Waals surface area contributed by atoms with Crippen molar-refractivity contribution < 1.29 is 9.53 Å². The van der Waals surface area contributed by atoms with Crippen molar-refractivity contribution in [3.05, 3.63) is 31.3 Å². The van der Waals surface area contributed by atoms with Gasteiger partial charge in [0.1, 0.15) is 5.60 Å². The van der Waals surface area contributed by atoms with Crippen LogP contribution in [-0.2, 0) is 11.3 Å². The first-order valence-corrected chi connectivity index (χ1v) is 8.76. The molecule has 1 aromatic rings. The van der Waals surface area contributed by atoms with Crippen LogP contribution in [0.2, 0.25) is 0 Å². The van der Waals surface area contributed by atoms with Gasteiger partial charge in [-0.25, -0.2) is 4.79 Å². The van der Waals surface area contributed by atoms with E-state index in [0.717, 1.165) is 25.6 Å². The topological polar surface area (TPSA) is 55.6 Å². The molecule has 2 rings (SSSR count). The van der Waals surface area contributed by atoms with Gasteiger partial charge in [-0.05, 0) is 73.0 Å². The Morgan fingerprint density at radius 1 is 1.48 bits per heavy atom. The lowest BCUT2D eigenvalue weighted by molar-refractivity contribution is 0.0234. The van der Waals surface area contributed by atoms with Gasteiger partial charge < -0.3 is 15.4 Å². The second-order valence-electron chi connectivity index (χ2n) is 6.25. The summed E-state index contributed by atoms with van der Waals surface area (Å²) in [5.74, 6) is 0. The Bertz CT molecular complexity index is 557. The zero-order valence-corrected chi connectivity index (χ0v) is 16.2. The molecule has 0 radical (unpaired) electrons. The maximum Gasteiger partial charge on any atom is 0.410 e. The number of nitrogens with zero attached hydrogens (tertiary/aromatic N) is 1. The number of nitrogens with two attached hydrogens (primary N) is 1. The van der Waals surface area contributed by atoms with Crippen LogP contribution in [0, 0.1) is 3.57 Å². The fourth-order valence-electron chi connectivity index (χ4n) is 2.32. The highest BCUT2D eigenvalue weighted by atomic mass is 127. The van der Waals surface area contributed by atoms with Crippen molar-refractivity contribution in [1.29, 1.82) is 0 Å². The molecule has 0 fully saturated rings. The summed E-state index contributed by atoms with van der Waals surface area (Å²) in [4.78, 5) is 14.1. The number of fused-ring (bicyclic) bond motifs is 1. The molecule has 1 aromatic carbocycles. The molecular weight excluding hydrogens is 447 g/mol. The summed E-state index contributed by atoms with van der Waals surface area (Å²) in [7, 11) is 0. The van der Waals surface area contributed by atoms with E-state index in [1.165, 1.54) is 0 Å². The average molecular weight is 467 g/mol. The van der Waals surface area contributed by atoms with Gasteiger partial charge in [0.2, 0.25) is 0 Å². The highest BCUT2D eigenvalue weighted by Gasteiger charge is 2.28. The fourth-order valence-corrected chi connectivity index (χ4v) is 4.04. The molecule has 2 N–H and O–H groups in total. The molecule has 1 amide bonds. The summed E-state index contributed by atoms with van der Waals surface area (Å²) < 4.78 is 7.62. The quantitative estimate of drug-likeness (QED) is 0.583. The number of hydrogen-bond donors (Lipinski definition) is 1. The first kappa shape index (κ1) is 17.0. The zero-order valence-electron chi connectivity index (χ0n) is 12.5. The van der Waals surface area contributed by atoms with Crippen LogP contribution >= 0.6 is 38.5 Å². The minimum Gasteiger partial charge on any atom is -0.444 e. The summed E-state index contributed by atoms with van der Waals surface area (Å²) in [6, 6.07) is 4.05.